The number of hydrogen-bond acceptors (Lipinski definition) is 5. The van der Waals surface area contributed by atoms with Gasteiger partial charge in [-0.25, -0.2) is 0 Å². The molecule has 0 aliphatic heterocycles. The quantitative estimate of drug-likeness (QED) is 0.764. The van der Waals surface area contributed by atoms with E-state index in [-0.39, 0.29) is 12.2 Å². The third-order valence-electron chi connectivity index (χ3n) is 3.23. The lowest BCUT2D eigenvalue weighted by Crippen LogP contribution is -2.59. The van der Waals surface area contributed by atoms with Crippen molar-refractivity contribution in [2.24, 2.45) is 7.05 Å². The molecule has 0 bridgehead atoms. The van der Waals surface area contributed by atoms with Crippen LogP contribution in [0.25, 0.3) is 0 Å². The van der Waals surface area contributed by atoms with Crippen molar-refractivity contribution in [1.29, 1.82) is 0 Å². The summed E-state index contributed by atoms with van der Waals surface area (Å²) in [6, 6.07) is 0.341. The van der Waals surface area contributed by atoms with Gasteiger partial charge in [0, 0.05) is 26.8 Å². The number of ether oxygens (including phenoxy) is 2. The van der Waals surface area contributed by atoms with E-state index in [0.717, 1.165) is 18.9 Å². The normalized spacial score (nSPS) is 28.1. The molecule has 3 unspecified atom stereocenters. The summed E-state index contributed by atoms with van der Waals surface area (Å²) in [5.41, 5.74) is 0. The van der Waals surface area contributed by atoms with Crippen molar-refractivity contribution in [3.63, 3.8) is 0 Å². The molecule has 96 valence electrons. The average Bonchev–Trinajstić information content (AvgIpc) is 2.69. The Balaban J connectivity index is 1.79. The van der Waals surface area contributed by atoms with Gasteiger partial charge in [-0.1, -0.05) is 0 Å². The number of aromatic nitrogens is 3. The minimum Gasteiger partial charge on any atom is -0.377 e. The van der Waals surface area contributed by atoms with Crippen LogP contribution in [0, 0.1) is 0 Å². The van der Waals surface area contributed by atoms with E-state index >= 15 is 0 Å². The van der Waals surface area contributed by atoms with Gasteiger partial charge in [0.05, 0.1) is 18.8 Å². The van der Waals surface area contributed by atoms with Crippen LogP contribution in [0.1, 0.15) is 19.2 Å². The molecule has 1 aromatic rings. The zero-order chi connectivity index (χ0) is 12.3. The van der Waals surface area contributed by atoms with Crippen molar-refractivity contribution < 1.29 is 9.47 Å². The van der Waals surface area contributed by atoms with Crippen LogP contribution in [-0.2, 0) is 23.1 Å². The Kier molecular flexibility index (Phi) is 4.09. The minimum absolute atomic E-state index is 0.142. The monoisotopic (exact) mass is 240 g/mol. The molecule has 6 nitrogen and oxygen atoms in total. The molecule has 0 amide bonds. The molecule has 1 saturated carbocycles. The third kappa shape index (κ3) is 2.65. The number of aryl methyl sites for hydroxylation is 1. The van der Waals surface area contributed by atoms with Crippen LogP contribution < -0.4 is 5.32 Å². The summed E-state index contributed by atoms with van der Waals surface area (Å²) in [7, 11) is 3.67. The van der Waals surface area contributed by atoms with Gasteiger partial charge < -0.3 is 19.4 Å². The summed E-state index contributed by atoms with van der Waals surface area (Å²) in [5.74, 6) is 0.930. The molecule has 1 aliphatic rings. The van der Waals surface area contributed by atoms with Crippen molar-refractivity contribution in [2.45, 2.75) is 38.1 Å². The number of nitrogens with zero attached hydrogens (tertiary/aromatic N) is 3. The van der Waals surface area contributed by atoms with Gasteiger partial charge in [-0.3, -0.25) is 0 Å². The molecule has 0 spiro atoms. The largest absolute Gasteiger partial charge is 0.377 e. The Bertz CT molecular complexity index is 355. The molecule has 0 radical (unpaired) electrons. The smallest absolute Gasteiger partial charge is 0.146 e. The van der Waals surface area contributed by atoms with Gasteiger partial charge in [0.1, 0.15) is 12.2 Å². The fraction of sp³-hybridized carbons (Fsp3) is 0.818. The van der Waals surface area contributed by atoms with Crippen molar-refractivity contribution in [2.75, 3.05) is 13.7 Å². The molecule has 1 heterocycles. The number of nitrogens with one attached hydrogen (secondary N) is 1. The zero-order valence-corrected chi connectivity index (χ0v) is 10.6. The van der Waals surface area contributed by atoms with Crippen molar-refractivity contribution in [3.05, 3.63) is 12.2 Å². The van der Waals surface area contributed by atoms with E-state index in [1.54, 1.807) is 13.4 Å². The van der Waals surface area contributed by atoms with Crippen LogP contribution in [0.2, 0.25) is 0 Å². The fourth-order valence-corrected chi connectivity index (χ4v) is 2.16. The van der Waals surface area contributed by atoms with Crippen LogP contribution in [0.5, 0.6) is 0 Å². The molecule has 0 aromatic carbocycles. The van der Waals surface area contributed by atoms with E-state index in [9.17, 15) is 0 Å². The minimum atomic E-state index is 0.142. The summed E-state index contributed by atoms with van der Waals surface area (Å²) in [4.78, 5) is 0. The van der Waals surface area contributed by atoms with Gasteiger partial charge in [-0.05, 0) is 13.3 Å². The van der Waals surface area contributed by atoms with Gasteiger partial charge in [0.15, 0.2) is 0 Å². The number of methoxy groups -OCH3 is 1. The highest BCUT2D eigenvalue weighted by Gasteiger charge is 2.41. The Morgan fingerprint density at radius 2 is 2.41 bits per heavy atom. The molecular weight excluding hydrogens is 220 g/mol. The maximum Gasteiger partial charge on any atom is 0.146 e. The molecule has 3 atom stereocenters. The van der Waals surface area contributed by atoms with E-state index in [0.29, 0.717) is 12.6 Å². The van der Waals surface area contributed by atoms with E-state index in [4.69, 9.17) is 9.47 Å². The lowest BCUT2D eigenvalue weighted by atomic mass is 9.85. The van der Waals surface area contributed by atoms with Gasteiger partial charge in [0.25, 0.3) is 0 Å². The summed E-state index contributed by atoms with van der Waals surface area (Å²) in [5, 5.41) is 11.3. The first-order chi connectivity index (χ1) is 8.26. The molecule has 1 aromatic heterocycles. The summed E-state index contributed by atoms with van der Waals surface area (Å²) in [6.45, 7) is 3.45. The number of hydrogen-bond donors (Lipinski definition) is 1. The van der Waals surface area contributed by atoms with Crippen LogP contribution in [0.3, 0.4) is 0 Å². The molecule has 0 saturated heterocycles. The maximum atomic E-state index is 5.57. The highest BCUT2D eigenvalue weighted by atomic mass is 16.5. The second-order valence-corrected chi connectivity index (χ2v) is 4.28. The maximum absolute atomic E-state index is 5.57. The Morgan fingerprint density at radius 1 is 1.59 bits per heavy atom. The van der Waals surface area contributed by atoms with Gasteiger partial charge in [-0.15, -0.1) is 10.2 Å². The fourth-order valence-electron chi connectivity index (χ4n) is 2.16. The molecule has 1 fully saturated rings. The molecule has 1 N–H and O–H groups in total. The van der Waals surface area contributed by atoms with E-state index in [1.807, 2.05) is 18.5 Å². The second kappa shape index (κ2) is 5.57. The highest BCUT2D eigenvalue weighted by molar-refractivity contribution is 4.98. The van der Waals surface area contributed by atoms with Gasteiger partial charge in [0.2, 0.25) is 0 Å². The number of rotatable bonds is 6. The van der Waals surface area contributed by atoms with E-state index in [1.165, 1.54) is 0 Å². The molecule has 6 heteroatoms. The predicted octanol–water partition coefficient (Wildman–Crippen LogP) is 0.0971. The van der Waals surface area contributed by atoms with Crippen LogP contribution in [-0.4, -0.2) is 46.7 Å². The van der Waals surface area contributed by atoms with Crippen molar-refractivity contribution in [1.82, 2.24) is 20.1 Å². The van der Waals surface area contributed by atoms with E-state index < -0.39 is 0 Å². The SMILES string of the molecule is CCOC1CC(NCc2nncn2C)C1OC. The lowest BCUT2D eigenvalue weighted by molar-refractivity contribution is -0.131. The van der Waals surface area contributed by atoms with Crippen molar-refractivity contribution in [3.8, 4) is 0 Å². The topological polar surface area (TPSA) is 61.2 Å². The van der Waals surface area contributed by atoms with Crippen LogP contribution in [0.4, 0.5) is 0 Å². The van der Waals surface area contributed by atoms with Gasteiger partial charge >= 0.3 is 0 Å². The molecule has 1 aliphatic carbocycles. The zero-order valence-electron chi connectivity index (χ0n) is 10.6. The Morgan fingerprint density at radius 3 is 3.00 bits per heavy atom. The highest BCUT2D eigenvalue weighted by Crippen LogP contribution is 2.26. The van der Waals surface area contributed by atoms with Crippen molar-refractivity contribution >= 4 is 0 Å². The third-order valence-corrected chi connectivity index (χ3v) is 3.23. The first-order valence-corrected chi connectivity index (χ1v) is 5.97. The average molecular weight is 240 g/mol. The first kappa shape index (κ1) is 12.5. The molecular formula is C11H20N4O2. The first-order valence-electron chi connectivity index (χ1n) is 5.97. The summed E-state index contributed by atoms with van der Waals surface area (Å²) < 4.78 is 12.9. The van der Waals surface area contributed by atoms with Crippen LogP contribution in [0.15, 0.2) is 6.33 Å². The van der Waals surface area contributed by atoms with Crippen LogP contribution >= 0.6 is 0 Å². The standard InChI is InChI=1S/C11H20N4O2/c1-4-17-9-5-8(11(9)16-3)12-6-10-14-13-7-15(10)2/h7-9,11-12H,4-6H2,1-3H3. The molecule has 17 heavy (non-hydrogen) atoms. The predicted molar refractivity (Wildman–Crippen MR) is 62.5 cm³/mol. The molecule has 2 rings (SSSR count). The Labute approximate surface area is 101 Å². The Hall–Kier alpha value is -0.980. The summed E-state index contributed by atoms with van der Waals surface area (Å²) >= 11 is 0. The summed E-state index contributed by atoms with van der Waals surface area (Å²) in [6.07, 6.45) is 3.06. The van der Waals surface area contributed by atoms with E-state index in [2.05, 4.69) is 15.5 Å². The second-order valence-electron chi connectivity index (χ2n) is 4.28. The lowest BCUT2D eigenvalue weighted by Gasteiger charge is -2.43. The van der Waals surface area contributed by atoms with Gasteiger partial charge in [-0.2, -0.15) is 0 Å².